The van der Waals surface area contributed by atoms with Crippen molar-refractivity contribution >= 4 is 24.8 Å². The summed E-state index contributed by atoms with van der Waals surface area (Å²) in [6.45, 7) is 5.50. The average molecular weight is 401 g/mol. The molecule has 0 saturated carbocycles. The first kappa shape index (κ1) is 24.5. The maximum absolute atomic E-state index is 5.95. The van der Waals surface area contributed by atoms with Crippen LogP contribution in [-0.2, 0) is 13.2 Å². The number of hydrogen-bond acceptors (Lipinski definition) is 4. The van der Waals surface area contributed by atoms with Crippen molar-refractivity contribution in [1.29, 1.82) is 0 Å². The Kier molecular flexibility index (Phi) is 12.9. The van der Waals surface area contributed by atoms with Gasteiger partial charge in [0.15, 0.2) is 11.5 Å². The third-order valence-electron chi connectivity index (χ3n) is 3.98. The molecule has 0 bridgehead atoms. The van der Waals surface area contributed by atoms with Crippen molar-refractivity contribution in [2.45, 2.75) is 26.5 Å². The molecule has 0 saturated heterocycles. The van der Waals surface area contributed by atoms with Crippen LogP contribution >= 0.6 is 24.8 Å². The van der Waals surface area contributed by atoms with Gasteiger partial charge in [-0.15, -0.1) is 24.8 Å². The molecule has 0 radical (unpaired) electrons. The number of methoxy groups -OCH3 is 1. The largest absolute Gasteiger partial charge is 0.493 e. The Bertz CT molecular complexity index is 639. The van der Waals surface area contributed by atoms with Crippen LogP contribution in [0, 0.1) is 6.92 Å². The number of rotatable bonds is 10. The van der Waals surface area contributed by atoms with Crippen LogP contribution in [0.4, 0.5) is 0 Å². The van der Waals surface area contributed by atoms with Gasteiger partial charge < -0.3 is 20.1 Å². The molecule has 0 aliphatic heterocycles. The van der Waals surface area contributed by atoms with E-state index in [0.29, 0.717) is 6.61 Å². The molecule has 2 rings (SSSR count). The van der Waals surface area contributed by atoms with E-state index in [0.717, 1.165) is 37.6 Å². The summed E-state index contributed by atoms with van der Waals surface area (Å²) in [6, 6.07) is 14.4. The first-order valence-electron chi connectivity index (χ1n) is 8.44. The highest BCUT2D eigenvalue weighted by molar-refractivity contribution is 5.85. The molecular weight excluding hydrogens is 371 g/mol. The van der Waals surface area contributed by atoms with Gasteiger partial charge in [0.25, 0.3) is 0 Å². The maximum atomic E-state index is 5.95. The number of hydrogen-bond donors (Lipinski definition) is 2. The molecule has 0 aliphatic carbocycles. The molecule has 146 valence electrons. The van der Waals surface area contributed by atoms with Crippen LogP contribution in [0.1, 0.15) is 23.1 Å². The maximum Gasteiger partial charge on any atom is 0.161 e. The molecule has 0 aromatic heterocycles. The van der Waals surface area contributed by atoms with Gasteiger partial charge in [-0.3, -0.25) is 0 Å². The van der Waals surface area contributed by atoms with Crippen LogP contribution in [0.3, 0.4) is 0 Å². The van der Waals surface area contributed by atoms with Gasteiger partial charge in [-0.2, -0.15) is 0 Å². The zero-order valence-electron chi connectivity index (χ0n) is 15.7. The standard InChI is InChI=1S/C20H28N2O2.2ClH/c1-16-7-4-5-8-18(16)15-24-19-10-9-17(13-20(19)23-3)14-22-12-6-11-21-2;;/h4-5,7-10,13,21-22H,6,11-12,14-15H2,1-3H3;2*1H. The van der Waals surface area contributed by atoms with Crippen LogP contribution in [-0.4, -0.2) is 27.2 Å². The Morgan fingerprint density at radius 1 is 0.962 bits per heavy atom. The molecule has 0 spiro atoms. The number of ether oxygens (including phenoxy) is 2. The molecule has 2 aromatic rings. The predicted molar refractivity (Wildman–Crippen MR) is 113 cm³/mol. The minimum absolute atomic E-state index is 0. The Morgan fingerprint density at radius 2 is 1.73 bits per heavy atom. The van der Waals surface area contributed by atoms with Crippen molar-refractivity contribution in [3.8, 4) is 11.5 Å². The summed E-state index contributed by atoms with van der Waals surface area (Å²) < 4.78 is 11.4. The lowest BCUT2D eigenvalue weighted by molar-refractivity contribution is 0.283. The molecular formula is C20H30Cl2N2O2. The van der Waals surface area contributed by atoms with Crippen molar-refractivity contribution in [3.05, 3.63) is 59.2 Å². The highest BCUT2D eigenvalue weighted by Gasteiger charge is 2.07. The molecule has 26 heavy (non-hydrogen) atoms. The Hall–Kier alpha value is -1.46. The molecule has 0 atom stereocenters. The minimum Gasteiger partial charge on any atom is -0.493 e. The van der Waals surface area contributed by atoms with Gasteiger partial charge >= 0.3 is 0 Å². The monoisotopic (exact) mass is 400 g/mol. The summed E-state index contributed by atoms with van der Waals surface area (Å²) in [5.41, 5.74) is 3.62. The van der Waals surface area contributed by atoms with Crippen molar-refractivity contribution in [3.63, 3.8) is 0 Å². The normalized spacial score (nSPS) is 9.81. The molecule has 0 aliphatic rings. The van der Waals surface area contributed by atoms with Crippen LogP contribution in [0.2, 0.25) is 0 Å². The quantitative estimate of drug-likeness (QED) is 0.588. The van der Waals surface area contributed by atoms with Crippen molar-refractivity contribution in [2.75, 3.05) is 27.2 Å². The molecule has 6 heteroatoms. The van der Waals surface area contributed by atoms with E-state index in [2.05, 4.69) is 35.8 Å². The summed E-state index contributed by atoms with van der Waals surface area (Å²) in [7, 11) is 3.65. The van der Waals surface area contributed by atoms with E-state index < -0.39 is 0 Å². The number of nitrogens with one attached hydrogen (secondary N) is 2. The molecule has 2 N–H and O–H groups in total. The van der Waals surface area contributed by atoms with Crippen LogP contribution < -0.4 is 20.1 Å². The predicted octanol–water partition coefficient (Wildman–Crippen LogP) is 4.13. The van der Waals surface area contributed by atoms with Gasteiger partial charge in [0.1, 0.15) is 6.61 Å². The third kappa shape index (κ3) is 7.83. The van der Waals surface area contributed by atoms with Gasteiger partial charge in [0.05, 0.1) is 7.11 Å². The van der Waals surface area contributed by atoms with Gasteiger partial charge in [-0.05, 0) is 62.3 Å². The van der Waals surface area contributed by atoms with Crippen LogP contribution in [0.5, 0.6) is 11.5 Å². The Morgan fingerprint density at radius 3 is 2.42 bits per heavy atom. The lowest BCUT2D eigenvalue weighted by atomic mass is 10.1. The second kappa shape index (κ2) is 13.7. The highest BCUT2D eigenvalue weighted by atomic mass is 35.5. The fourth-order valence-electron chi connectivity index (χ4n) is 2.49. The topological polar surface area (TPSA) is 42.5 Å². The zero-order chi connectivity index (χ0) is 17.2. The highest BCUT2D eigenvalue weighted by Crippen LogP contribution is 2.29. The molecule has 4 nitrogen and oxygen atoms in total. The fraction of sp³-hybridized carbons (Fsp3) is 0.400. The summed E-state index contributed by atoms with van der Waals surface area (Å²) in [5.74, 6) is 1.55. The molecule has 0 amide bonds. The Labute approximate surface area is 169 Å². The van der Waals surface area contributed by atoms with Gasteiger partial charge in [-0.25, -0.2) is 0 Å². The van der Waals surface area contributed by atoms with E-state index in [1.807, 2.05) is 31.3 Å². The smallest absolute Gasteiger partial charge is 0.161 e. The first-order chi connectivity index (χ1) is 11.7. The average Bonchev–Trinajstić information content (AvgIpc) is 2.61. The van der Waals surface area contributed by atoms with E-state index in [1.165, 1.54) is 16.7 Å². The van der Waals surface area contributed by atoms with Gasteiger partial charge in [-0.1, -0.05) is 30.3 Å². The first-order valence-corrected chi connectivity index (χ1v) is 8.44. The Balaban J connectivity index is 0.00000312. The van der Waals surface area contributed by atoms with Gasteiger partial charge in [0.2, 0.25) is 0 Å². The zero-order valence-corrected chi connectivity index (χ0v) is 17.3. The second-order valence-corrected chi connectivity index (χ2v) is 5.83. The summed E-state index contributed by atoms with van der Waals surface area (Å²) in [6.07, 6.45) is 1.12. The number of benzene rings is 2. The molecule has 0 fully saturated rings. The molecule has 0 heterocycles. The SMILES string of the molecule is CNCCCNCc1ccc(OCc2ccccc2C)c(OC)c1.Cl.Cl. The lowest BCUT2D eigenvalue weighted by Crippen LogP contribution is -2.19. The number of aryl methyl sites for hydroxylation is 1. The van der Waals surface area contributed by atoms with E-state index in [-0.39, 0.29) is 24.8 Å². The summed E-state index contributed by atoms with van der Waals surface area (Å²) >= 11 is 0. The van der Waals surface area contributed by atoms with E-state index in [9.17, 15) is 0 Å². The minimum atomic E-state index is 0. The van der Waals surface area contributed by atoms with Crippen molar-refractivity contribution in [1.82, 2.24) is 10.6 Å². The van der Waals surface area contributed by atoms with Gasteiger partial charge in [0, 0.05) is 6.54 Å². The second-order valence-electron chi connectivity index (χ2n) is 5.83. The van der Waals surface area contributed by atoms with E-state index in [1.54, 1.807) is 7.11 Å². The summed E-state index contributed by atoms with van der Waals surface area (Å²) in [4.78, 5) is 0. The summed E-state index contributed by atoms with van der Waals surface area (Å²) in [5, 5.41) is 6.58. The van der Waals surface area contributed by atoms with Crippen molar-refractivity contribution < 1.29 is 9.47 Å². The van der Waals surface area contributed by atoms with Crippen molar-refractivity contribution in [2.24, 2.45) is 0 Å². The van der Waals surface area contributed by atoms with E-state index in [4.69, 9.17) is 9.47 Å². The lowest BCUT2D eigenvalue weighted by Gasteiger charge is -2.13. The van der Waals surface area contributed by atoms with Crippen LogP contribution in [0.25, 0.3) is 0 Å². The molecule has 0 unspecified atom stereocenters. The fourth-order valence-corrected chi connectivity index (χ4v) is 2.49. The van der Waals surface area contributed by atoms with Crippen LogP contribution in [0.15, 0.2) is 42.5 Å². The molecule has 2 aromatic carbocycles. The number of halogens is 2. The third-order valence-corrected chi connectivity index (χ3v) is 3.98. The van der Waals surface area contributed by atoms with E-state index >= 15 is 0 Å².